The predicted molar refractivity (Wildman–Crippen MR) is 69.7 cm³/mol. The van der Waals surface area contributed by atoms with Crippen molar-refractivity contribution in [2.75, 3.05) is 0 Å². The van der Waals surface area contributed by atoms with E-state index < -0.39 is 0 Å². The molecule has 0 aliphatic carbocycles. The highest BCUT2D eigenvalue weighted by Gasteiger charge is 2.11. The highest BCUT2D eigenvalue weighted by molar-refractivity contribution is 7.07. The van der Waals surface area contributed by atoms with Crippen LogP contribution in [-0.2, 0) is 6.42 Å². The van der Waals surface area contributed by atoms with E-state index >= 15 is 0 Å². The van der Waals surface area contributed by atoms with Crippen LogP contribution in [0.4, 0.5) is 0 Å². The van der Waals surface area contributed by atoms with Crippen LogP contribution >= 0.6 is 11.5 Å². The van der Waals surface area contributed by atoms with Crippen LogP contribution in [0.15, 0.2) is 42.7 Å². The van der Waals surface area contributed by atoms with E-state index in [2.05, 4.69) is 14.6 Å². The van der Waals surface area contributed by atoms with Crippen LogP contribution < -0.4 is 0 Å². The fourth-order valence-electron chi connectivity index (χ4n) is 1.86. The minimum absolute atomic E-state index is 0.0429. The molecule has 0 bridgehead atoms. The van der Waals surface area contributed by atoms with Gasteiger partial charge in [0.25, 0.3) is 0 Å². The maximum Gasteiger partial charge on any atom is 0.180 e. The highest BCUT2D eigenvalue weighted by Crippen LogP contribution is 2.18. The van der Waals surface area contributed by atoms with Crippen molar-refractivity contribution in [2.24, 2.45) is 0 Å². The fraction of sp³-hybridized carbons (Fsp3) is 0.0769. The summed E-state index contributed by atoms with van der Waals surface area (Å²) in [5.41, 5.74) is 1.89. The summed E-state index contributed by atoms with van der Waals surface area (Å²) in [5, 5.41) is 4.70. The summed E-state index contributed by atoms with van der Waals surface area (Å²) in [6, 6.07) is 9.70. The number of carbonyl (C=O) groups excluding carboxylic acids is 1. The van der Waals surface area contributed by atoms with Gasteiger partial charge < -0.3 is 0 Å². The first-order valence-electron chi connectivity index (χ1n) is 5.48. The summed E-state index contributed by atoms with van der Waals surface area (Å²) in [4.78, 5) is 16.9. The molecule has 0 spiro atoms. The third-order valence-electron chi connectivity index (χ3n) is 2.73. The Balaban J connectivity index is 1.98. The molecule has 0 aliphatic rings. The Labute approximate surface area is 107 Å². The molecule has 5 heteroatoms. The van der Waals surface area contributed by atoms with Crippen LogP contribution in [0.3, 0.4) is 0 Å². The van der Waals surface area contributed by atoms with Gasteiger partial charge in [0.05, 0.1) is 11.7 Å². The Morgan fingerprint density at radius 3 is 2.94 bits per heavy atom. The topological polar surface area (TPSA) is 55.7 Å². The quantitative estimate of drug-likeness (QED) is 0.675. The average Bonchev–Trinajstić information content (AvgIpc) is 2.93. The van der Waals surface area contributed by atoms with E-state index in [-0.39, 0.29) is 5.78 Å². The third kappa shape index (κ3) is 2.00. The van der Waals surface area contributed by atoms with Crippen LogP contribution in [0.2, 0.25) is 0 Å². The normalized spacial score (nSPS) is 10.7. The van der Waals surface area contributed by atoms with Crippen molar-refractivity contribution in [1.29, 1.82) is 0 Å². The lowest BCUT2D eigenvalue weighted by Crippen LogP contribution is -2.02. The van der Waals surface area contributed by atoms with Crippen LogP contribution in [0.5, 0.6) is 0 Å². The van der Waals surface area contributed by atoms with Gasteiger partial charge in [0.1, 0.15) is 4.88 Å². The minimum atomic E-state index is 0.0429. The Kier molecular flexibility index (Phi) is 2.82. The van der Waals surface area contributed by atoms with E-state index in [0.29, 0.717) is 11.3 Å². The molecule has 2 heterocycles. The predicted octanol–water partition coefficient (Wildman–Crippen LogP) is 2.51. The molecule has 88 valence electrons. The number of aromatic nitrogens is 3. The second kappa shape index (κ2) is 4.62. The van der Waals surface area contributed by atoms with E-state index in [9.17, 15) is 4.79 Å². The monoisotopic (exact) mass is 255 g/mol. The number of rotatable bonds is 3. The van der Waals surface area contributed by atoms with E-state index in [4.69, 9.17) is 0 Å². The summed E-state index contributed by atoms with van der Waals surface area (Å²) >= 11 is 1.13. The van der Waals surface area contributed by atoms with Gasteiger partial charge in [0, 0.05) is 18.0 Å². The van der Waals surface area contributed by atoms with E-state index in [1.165, 1.54) is 6.20 Å². The highest BCUT2D eigenvalue weighted by atomic mass is 32.1. The zero-order valence-electron chi connectivity index (χ0n) is 9.41. The maximum atomic E-state index is 12.0. The van der Waals surface area contributed by atoms with E-state index in [1.807, 2.05) is 30.3 Å². The molecule has 0 saturated heterocycles. The number of hydrogen-bond donors (Lipinski definition) is 0. The van der Waals surface area contributed by atoms with Crippen LogP contribution in [0.25, 0.3) is 10.9 Å². The molecule has 2 aromatic heterocycles. The molecule has 0 atom stereocenters. The largest absolute Gasteiger partial charge is 0.293 e. The molecule has 3 aromatic rings. The number of nitrogens with zero attached hydrogens (tertiary/aromatic N) is 3. The molecule has 4 nitrogen and oxygen atoms in total. The molecule has 0 unspecified atom stereocenters. The molecule has 18 heavy (non-hydrogen) atoms. The number of pyridine rings is 1. The number of para-hydroxylation sites is 1. The summed E-state index contributed by atoms with van der Waals surface area (Å²) < 4.78 is 3.71. The first-order valence-corrected chi connectivity index (χ1v) is 6.25. The molecular weight excluding hydrogens is 246 g/mol. The zero-order valence-corrected chi connectivity index (χ0v) is 10.2. The zero-order chi connectivity index (χ0) is 12.4. The minimum Gasteiger partial charge on any atom is -0.293 e. The lowest BCUT2D eigenvalue weighted by Gasteiger charge is -2.03. The van der Waals surface area contributed by atoms with Crippen molar-refractivity contribution in [3.8, 4) is 0 Å². The Morgan fingerprint density at radius 2 is 2.11 bits per heavy atom. The van der Waals surface area contributed by atoms with Crippen LogP contribution in [0.1, 0.15) is 15.2 Å². The van der Waals surface area contributed by atoms with E-state index in [1.54, 1.807) is 6.20 Å². The lowest BCUT2D eigenvalue weighted by molar-refractivity contribution is 0.0997. The number of ketones is 1. The molecule has 0 N–H and O–H groups in total. The van der Waals surface area contributed by atoms with Gasteiger partial charge in [0.15, 0.2) is 5.78 Å². The van der Waals surface area contributed by atoms with Gasteiger partial charge in [-0.25, -0.2) is 0 Å². The van der Waals surface area contributed by atoms with Crippen LogP contribution in [0, 0.1) is 0 Å². The van der Waals surface area contributed by atoms with Gasteiger partial charge in [-0.1, -0.05) is 22.7 Å². The number of hydrogen-bond acceptors (Lipinski definition) is 5. The van der Waals surface area contributed by atoms with Crippen molar-refractivity contribution in [3.05, 3.63) is 53.2 Å². The van der Waals surface area contributed by atoms with Gasteiger partial charge >= 0.3 is 0 Å². The maximum absolute atomic E-state index is 12.0. The van der Waals surface area contributed by atoms with Crippen molar-refractivity contribution < 1.29 is 4.79 Å². The molecule has 1 aromatic carbocycles. The Bertz CT molecular complexity index is 689. The molecule has 3 rings (SSSR count). The van der Waals surface area contributed by atoms with Gasteiger partial charge in [-0.05, 0) is 29.2 Å². The third-order valence-corrected chi connectivity index (χ3v) is 3.43. The average molecular weight is 255 g/mol. The van der Waals surface area contributed by atoms with Crippen molar-refractivity contribution in [2.45, 2.75) is 6.42 Å². The molecule has 0 amide bonds. The first-order chi connectivity index (χ1) is 8.84. The summed E-state index contributed by atoms with van der Waals surface area (Å²) in [7, 11) is 0. The van der Waals surface area contributed by atoms with E-state index in [0.717, 1.165) is 28.0 Å². The summed E-state index contributed by atoms with van der Waals surface area (Å²) in [6.07, 6.45) is 3.60. The summed E-state index contributed by atoms with van der Waals surface area (Å²) in [5.74, 6) is 0.0429. The van der Waals surface area contributed by atoms with Gasteiger partial charge in [-0.3, -0.25) is 9.78 Å². The van der Waals surface area contributed by atoms with Crippen molar-refractivity contribution in [1.82, 2.24) is 14.6 Å². The second-order valence-electron chi connectivity index (χ2n) is 3.87. The standard InChI is InChI=1S/C13H9N3OS/c17-12(13-8-15-16-18-13)7-9-5-6-14-11-4-2-1-3-10(9)11/h1-6,8H,7H2. The van der Waals surface area contributed by atoms with Gasteiger partial charge in [0.2, 0.25) is 0 Å². The van der Waals surface area contributed by atoms with Crippen molar-refractivity contribution in [3.63, 3.8) is 0 Å². The van der Waals surface area contributed by atoms with Gasteiger partial charge in [-0.15, -0.1) is 5.10 Å². The molecule has 0 radical (unpaired) electrons. The number of carbonyl (C=O) groups is 1. The Hall–Kier alpha value is -2.14. The molecule has 0 saturated carbocycles. The van der Waals surface area contributed by atoms with Gasteiger partial charge in [-0.2, -0.15) is 0 Å². The molecular formula is C13H9N3OS. The molecule has 0 aliphatic heterocycles. The van der Waals surface area contributed by atoms with Crippen LogP contribution in [-0.4, -0.2) is 20.4 Å². The number of Topliss-reactive ketones (excluding diaryl/α,β-unsaturated/α-hetero) is 1. The lowest BCUT2D eigenvalue weighted by atomic mass is 10.0. The second-order valence-corrected chi connectivity index (χ2v) is 4.65. The first kappa shape index (κ1) is 11.0. The molecule has 0 fully saturated rings. The smallest absolute Gasteiger partial charge is 0.180 e. The summed E-state index contributed by atoms with van der Waals surface area (Å²) in [6.45, 7) is 0. The number of fused-ring (bicyclic) bond motifs is 1. The SMILES string of the molecule is O=C(Cc1ccnc2ccccc12)c1cnns1. The van der Waals surface area contributed by atoms with Crippen molar-refractivity contribution >= 4 is 28.2 Å². The Morgan fingerprint density at radius 1 is 1.22 bits per heavy atom. The fourth-order valence-corrected chi connectivity index (χ4v) is 2.31. The number of benzene rings is 1.